The van der Waals surface area contributed by atoms with Crippen molar-refractivity contribution < 1.29 is 14.3 Å². The van der Waals surface area contributed by atoms with Gasteiger partial charge in [0.15, 0.2) is 11.5 Å². The van der Waals surface area contributed by atoms with Gasteiger partial charge in [0.25, 0.3) is 5.91 Å². The number of hydrogen-bond acceptors (Lipinski definition) is 4. The maximum atomic E-state index is 12.7. The molecule has 0 aliphatic rings. The molecule has 0 atom stereocenters. The number of halogens is 1. The van der Waals surface area contributed by atoms with E-state index in [1.54, 1.807) is 12.1 Å². The van der Waals surface area contributed by atoms with Gasteiger partial charge in [-0.2, -0.15) is 0 Å². The summed E-state index contributed by atoms with van der Waals surface area (Å²) in [6.07, 6.45) is 0. The van der Waals surface area contributed by atoms with Crippen LogP contribution < -0.4 is 14.8 Å². The van der Waals surface area contributed by atoms with Gasteiger partial charge in [-0.05, 0) is 49.8 Å². The van der Waals surface area contributed by atoms with Crippen LogP contribution in [0.3, 0.4) is 0 Å². The van der Waals surface area contributed by atoms with Crippen LogP contribution in [0.5, 0.6) is 11.5 Å². The lowest BCUT2D eigenvalue weighted by Gasteiger charge is -2.18. The van der Waals surface area contributed by atoms with E-state index in [0.29, 0.717) is 28.7 Å². The minimum atomic E-state index is -0.252. The number of carbonyl (C=O) groups is 1. The second-order valence-electron chi connectivity index (χ2n) is 6.04. The number of rotatable bonds is 9. The maximum absolute atomic E-state index is 12.7. The Morgan fingerprint density at radius 3 is 2.52 bits per heavy atom. The Morgan fingerprint density at radius 1 is 1.15 bits per heavy atom. The molecule has 0 spiro atoms. The van der Waals surface area contributed by atoms with Crippen molar-refractivity contribution in [3.63, 3.8) is 0 Å². The minimum absolute atomic E-state index is 0.252. The topological polar surface area (TPSA) is 50.8 Å². The molecule has 0 aromatic heterocycles. The van der Waals surface area contributed by atoms with Crippen molar-refractivity contribution >= 4 is 23.2 Å². The summed E-state index contributed by atoms with van der Waals surface area (Å²) in [6.45, 7) is 9.41. The number of amides is 1. The number of benzene rings is 2. The van der Waals surface area contributed by atoms with E-state index in [2.05, 4.69) is 30.1 Å². The van der Waals surface area contributed by atoms with E-state index in [1.165, 1.54) is 7.11 Å². The first-order valence-corrected chi connectivity index (χ1v) is 9.53. The maximum Gasteiger partial charge on any atom is 0.255 e. The van der Waals surface area contributed by atoms with Crippen molar-refractivity contribution in [3.8, 4) is 11.5 Å². The molecule has 0 bridgehead atoms. The first kappa shape index (κ1) is 21.1. The predicted molar refractivity (Wildman–Crippen MR) is 110 cm³/mol. The molecular formula is C21H27ClN2O3. The smallest absolute Gasteiger partial charge is 0.255 e. The zero-order valence-corrected chi connectivity index (χ0v) is 17.1. The highest BCUT2D eigenvalue weighted by molar-refractivity contribution is 6.32. The Kier molecular flexibility index (Phi) is 7.95. The van der Waals surface area contributed by atoms with Crippen LogP contribution in [0.25, 0.3) is 0 Å². The Hall–Kier alpha value is -2.24. The molecule has 2 rings (SSSR count). The van der Waals surface area contributed by atoms with Gasteiger partial charge in [-0.3, -0.25) is 9.69 Å². The van der Waals surface area contributed by atoms with Crippen molar-refractivity contribution in [1.29, 1.82) is 0 Å². The molecular weight excluding hydrogens is 364 g/mol. The van der Waals surface area contributed by atoms with E-state index in [9.17, 15) is 4.79 Å². The highest BCUT2D eigenvalue weighted by Crippen LogP contribution is 2.36. The molecule has 0 saturated heterocycles. The molecule has 5 nitrogen and oxygen atoms in total. The molecule has 2 aromatic carbocycles. The van der Waals surface area contributed by atoms with Crippen LogP contribution >= 0.6 is 11.6 Å². The zero-order chi connectivity index (χ0) is 19.8. The number of hydrogen-bond donors (Lipinski definition) is 1. The molecule has 0 saturated carbocycles. The zero-order valence-electron chi connectivity index (χ0n) is 16.3. The summed E-state index contributed by atoms with van der Waals surface area (Å²) in [4.78, 5) is 15.0. The summed E-state index contributed by atoms with van der Waals surface area (Å²) in [5.41, 5.74) is 2.31. The van der Waals surface area contributed by atoms with Gasteiger partial charge in [-0.15, -0.1) is 0 Å². The Bertz CT molecular complexity index is 776. The van der Waals surface area contributed by atoms with Gasteiger partial charge in [-0.25, -0.2) is 0 Å². The Balaban J connectivity index is 2.19. The lowest BCUT2D eigenvalue weighted by molar-refractivity contribution is 0.102. The molecule has 0 unspecified atom stereocenters. The monoisotopic (exact) mass is 390 g/mol. The summed E-state index contributed by atoms with van der Waals surface area (Å²) < 4.78 is 10.8. The molecule has 0 fully saturated rings. The molecule has 6 heteroatoms. The highest BCUT2D eigenvalue weighted by atomic mass is 35.5. The third-order valence-corrected chi connectivity index (χ3v) is 4.55. The Labute approximate surface area is 166 Å². The van der Waals surface area contributed by atoms with E-state index in [1.807, 2.05) is 25.1 Å². The number of carbonyl (C=O) groups excluding carboxylic acids is 1. The van der Waals surface area contributed by atoms with Crippen LogP contribution in [0.2, 0.25) is 5.02 Å². The van der Waals surface area contributed by atoms with Crippen molar-refractivity contribution in [3.05, 3.63) is 52.5 Å². The van der Waals surface area contributed by atoms with Gasteiger partial charge in [0, 0.05) is 17.8 Å². The van der Waals surface area contributed by atoms with E-state index >= 15 is 0 Å². The quantitative estimate of drug-likeness (QED) is 0.665. The van der Waals surface area contributed by atoms with Crippen molar-refractivity contribution in [2.24, 2.45) is 0 Å². The van der Waals surface area contributed by atoms with Crippen LogP contribution in [0.1, 0.15) is 36.7 Å². The number of nitrogens with zero attached hydrogens (tertiary/aromatic N) is 1. The average Bonchev–Trinajstić information content (AvgIpc) is 2.67. The van der Waals surface area contributed by atoms with Gasteiger partial charge in [0.05, 0.1) is 18.7 Å². The molecule has 0 heterocycles. The van der Waals surface area contributed by atoms with Gasteiger partial charge in [-0.1, -0.05) is 37.6 Å². The fourth-order valence-electron chi connectivity index (χ4n) is 2.79. The number of methoxy groups -OCH3 is 1. The fourth-order valence-corrected chi connectivity index (χ4v) is 3.06. The third-order valence-electron chi connectivity index (χ3n) is 4.27. The molecule has 1 N–H and O–H groups in total. The van der Waals surface area contributed by atoms with Gasteiger partial charge in [0.1, 0.15) is 0 Å². The van der Waals surface area contributed by atoms with Crippen LogP contribution in [0, 0.1) is 0 Å². The second-order valence-corrected chi connectivity index (χ2v) is 6.45. The first-order valence-electron chi connectivity index (χ1n) is 9.15. The number of nitrogens with one attached hydrogen (secondary N) is 1. The number of anilines is 1. The molecule has 2 aromatic rings. The van der Waals surface area contributed by atoms with Crippen LogP contribution in [-0.4, -0.2) is 37.6 Å². The molecule has 1 amide bonds. The van der Waals surface area contributed by atoms with Crippen LogP contribution in [0.15, 0.2) is 36.4 Å². The molecule has 27 heavy (non-hydrogen) atoms. The fraction of sp³-hybridized carbons (Fsp3) is 0.381. The summed E-state index contributed by atoms with van der Waals surface area (Å²) >= 11 is 6.26. The average molecular weight is 391 g/mol. The molecule has 0 radical (unpaired) electrons. The minimum Gasteiger partial charge on any atom is -0.493 e. The summed E-state index contributed by atoms with van der Waals surface area (Å²) in [6, 6.07) is 11.1. The molecule has 0 aliphatic carbocycles. The first-order chi connectivity index (χ1) is 13.0. The lowest BCUT2D eigenvalue weighted by atomic mass is 10.1. The molecule has 0 aliphatic heterocycles. The number of ether oxygens (including phenoxy) is 2. The third kappa shape index (κ3) is 5.62. The second kappa shape index (κ2) is 10.2. The van der Waals surface area contributed by atoms with Gasteiger partial charge in [0.2, 0.25) is 0 Å². The standard InChI is InChI=1S/C21H27ClN2O3/c1-5-24(6-2)14-15-9-8-10-17(11-15)23-21(25)16-12-18(22)20(27-7-3)19(13-16)26-4/h8-13H,5-7,14H2,1-4H3,(H,23,25). The largest absolute Gasteiger partial charge is 0.493 e. The highest BCUT2D eigenvalue weighted by Gasteiger charge is 2.16. The van der Waals surface area contributed by atoms with Crippen LogP contribution in [0.4, 0.5) is 5.69 Å². The summed E-state index contributed by atoms with van der Waals surface area (Å²) in [5, 5.41) is 3.27. The van der Waals surface area contributed by atoms with E-state index in [0.717, 1.165) is 30.9 Å². The predicted octanol–water partition coefficient (Wildman–Crippen LogP) is 4.84. The summed E-state index contributed by atoms with van der Waals surface area (Å²) in [5.74, 6) is 0.627. The normalized spacial score (nSPS) is 10.7. The Morgan fingerprint density at radius 2 is 1.89 bits per heavy atom. The van der Waals surface area contributed by atoms with Gasteiger partial charge < -0.3 is 14.8 Å². The van der Waals surface area contributed by atoms with E-state index in [-0.39, 0.29) is 5.91 Å². The van der Waals surface area contributed by atoms with Crippen molar-refractivity contribution in [1.82, 2.24) is 4.90 Å². The van der Waals surface area contributed by atoms with Gasteiger partial charge >= 0.3 is 0 Å². The molecule has 146 valence electrons. The van der Waals surface area contributed by atoms with Crippen LogP contribution in [-0.2, 0) is 6.54 Å². The van der Waals surface area contributed by atoms with E-state index in [4.69, 9.17) is 21.1 Å². The van der Waals surface area contributed by atoms with Crippen molar-refractivity contribution in [2.45, 2.75) is 27.3 Å². The SMILES string of the molecule is CCOc1c(Cl)cc(C(=O)Nc2cccc(CN(CC)CC)c2)cc1OC. The van der Waals surface area contributed by atoms with E-state index < -0.39 is 0 Å². The van der Waals surface area contributed by atoms with Crippen molar-refractivity contribution in [2.75, 3.05) is 32.1 Å². The lowest BCUT2D eigenvalue weighted by Crippen LogP contribution is -2.22. The summed E-state index contributed by atoms with van der Waals surface area (Å²) in [7, 11) is 1.52.